The largest absolute Gasteiger partial charge is 0.294 e. The molecule has 0 atom stereocenters. The van der Waals surface area contributed by atoms with Gasteiger partial charge >= 0.3 is 0 Å². The zero-order chi connectivity index (χ0) is 11.3. The summed E-state index contributed by atoms with van der Waals surface area (Å²) in [7, 11) is 0. The van der Waals surface area contributed by atoms with E-state index in [0.29, 0.717) is 22.0 Å². The molecule has 0 bridgehead atoms. The third-order valence-electron chi connectivity index (χ3n) is 2.03. The minimum Gasteiger partial charge on any atom is -0.294 e. The van der Waals surface area contributed by atoms with Crippen LogP contribution in [0.25, 0.3) is 0 Å². The van der Waals surface area contributed by atoms with E-state index in [2.05, 4.69) is 15.9 Å². The molecule has 0 N–H and O–H groups in total. The monoisotopic (exact) mass is 308 g/mol. The summed E-state index contributed by atoms with van der Waals surface area (Å²) in [5.74, 6) is 0.0200. The van der Waals surface area contributed by atoms with Crippen molar-refractivity contribution in [2.75, 3.05) is 5.33 Å². The molecule has 0 radical (unpaired) electrons. The summed E-state index contributed by atoms with van der Waals surface area (Å²) in [6, 6.07) is 5.11. The molecule has 1 aromatic carbocycles. The molecule has 0 aliphatic heterocycles. The lowest BCUT2D eigenvalue weighted by molar-refractivity contribution is 0.0980. The lowest BCUT2D eigenvalue weighted by Gasteiger charge is -2.05. The molecule has 1 rings (SSSR count). The number of rotatable bonds is 5. The first-order valence-electron chi connectivity index (χ1n) is 4.70. The van der Waals surface area contributed by atoms with Crippen molar-refractivity contribution in [3.63, 3.8) is 0 Å². The molecular weight excluding hydrogens is 299 g/mol. The van der Waals surface area contributed by atoms with Crippen molar-refractivity contribution >= 4 is 44.9 Å². The van der Waals surface area contributed by atoms with Gasteiger partial charge in [-0.05, 0) is 25.0 Å². The predicted octanol–water partition coefficient (Wildman–Crippen LogP) is 4.74. The molecule has 1 nitrogen and oxygen atoms in total. The molecule has 0 aromatic heterocycles. The zero-order valence-corrected chi connectivity index (χ0v) is 11.2. The second-order valence-electron chi connectivity index (χ2n) is 3.17. The smallest absolute Gasteiger partial charge is 0.165 e. The van der Waals surface area contributed by atoms with Gasteiger partial charge in [0.05, 0.1) is 15.6 Å². The number of Topliss-reactive ketones (excluding diaryl/α,β-unsaturated/α-hetero) is 1. The molecule has 4 heteroatoms. The molecule has 82 valence electrons. The van der Waals surface area contributed by atoms with Crippen molar-refractivity contribution < 1.29 is 4.79 Å². The highest BCUT2D eigenvalue weighted by molar-refractivity contribution is 9.09. The van der Waals surface area contributed by atoms with Crippen LogP contribution >= 0.6 is 39.1 Å². The van der Waals surface area contributed by atoms with Crippen molar-refractivity contribution in [1.29, 1.82) is 0 Å². The maximum atomic E-state index is 11.8. The van der Waals surface area contributed by atoms with E-state index in [4.69, 9.17) is 23.2 Å². The summed E-state index contributed by atoms with van der Waals surface area (Å²) in [4.78, 5) is 11.8. The van der Waals surface area contributed by atoms with Crippen molar-refractivity contribution in [3.05, 3.63) is 33.8 Å². The second-order valence-corrected chi connectivity index (χ2v) is 4.77. The van der Waals surface area contributed by atoms with Crippen LogP contribution in [-0.4, -0.2) is 11.1 Å². The van der Waals surface area contributed by atoms with E-state index in [9.17, 15) is 4.79 Å². The summed E-state index contributed by atoms with van der Waals surface area (Å²) in [6.07, 6.45) is 2.33. The van der Waals surface area contributed by atoms with E-state index < -0.39 is 0 Å². The Bertz CT molecular complexity index is 332. The number of alkyl halides is 1. The average Bonchev–Trinajstić information content (AvgIpc) is 2.18. The van der Waals surface area contributed by atoms with Gasteiger partial charge in [0.15, 0.2) is 5.78 Å². The molecular formula is C11H11BrCl2O. The van der Waals surface area contributed by atoms with Gasteiger partial charge in [-0.25, -0.2) is 0 Å². The molecule has 0 heterocycles. The van der Waals surface area contributed by atoms with Gasteiger partial charge in [-0.2, -0.15) is 0 Å². The van der Waals surface area contributed by atoms with Crippen LogP contribution in [0.5, 0.6) is 0 Å². The number of benzene rings is 1. The van der Waals surface area contributed by atoms with Crippen molar-refractivity contribution in [1.82, 2.24) is 0 Å². The summed E-state index contributed by atoms with van der Waals surface area (Å²) >= 11 is 15.2. The number of hydrogen-bond donors (Lipinski definition) is 0. The Morgan fingerprint density at radius 3 is 2.33 bits per heavy atom. The van der Waals surface area contributed by atoms with Gasteiger partial charge in [0.25, 0.3) is 0 Å². The van der Waals surface area contributed by atoms with Gasteiger partial charge < -0.3 is 0 Å². The van der Waals surface area contributed by atoms with Crippen LogP contribution in [0.3, 0.4) is 0 Å². The number of carbonyl (C=O) groups excluding carboxylic acids is 1. The normalized spacial score (nSPS) is 10.3. The Labute approximate surface area is 108 Å². The molecule has 0 fully saturated rings. The van der Waals surface area contributed by atoms with Crippen molar-refractivity contribution in [3.8, 4) is 0 Å². The molecule has 15 heavy (non-hydrogen) atoms. The maximum absolute atomic E-state index is 11.8. The van der Waals surface area contributed by atoms with Crippen LogP contribution in [-0.2, 0) is 0 Å². The Balaban J connectivity index is 2.73. The predicted molar refractivity (Wildman–Crippen MR) is 68.4 cm³/mol. The molecule has 0 aliphatic carbocycles. The summed E-state index contributed by atoms with van der Waals surface area (Å²) in [5, 5.41) is 1.79. The second kappa shape index (κ2) is 6.51. The minimum absolute atomic E-state index is 0.0200. The lowest BCUT2D eigenvalue weighted by atomic mass is 10.1. The van der Waals surface area contributed by atoms with Crippen LogP contribution < -0.4 is 0 Å². The molecule has 0 aliphatic rings. The van der Waals surface area contributed by atoms with Gasteiger partial charge in [0, 0.05) is 11.8 Å². The van der Waals surface area contributed by atoms with E-state index in [1.807, 2.05) is 0 Å². The maximum Gasteiger partial charge on any atom is 0.165 e. The quantitative estimate of drug-likeness (QED) is 0.436. The fourth-order valence-electron chi connectivity index (χ4n) is 1.27. The number of carbonyl (C=O) groups is 1. The van der Waals surface area contributed by atoms with E-state index in [0.717, 1.165) is 18.2 Å². The van der Waals surface area contributed by atoms with Gasteiger partial charge in [-0.15, -0.1) is 0 Å². The van der Waals surface area contributed by atoms with Gasteiger partial charge in [-0.3, -0.25) is 4.79 Å². The van der Waals surface area contributed by atoms with Crippen LogP contribution in [0.1, 0.15) is 29.6 Å². The summed E-state index contributed by atoms with van der Waals surface area (Å²) < 4.78 is 0. The van der Waals surface area contributed by atoms with Gasteiger partial charge in [0.1, 0.15) is 0 Å². The Morgan fingerprint density at radius 2 is 1.80 bits per heavy atom. The zero-order valence-electron chi connectivity index (χ0n) is 8.10. The van der Waals surface area contributed by atoms with Crippen molar-refractivity contribution in [2.45, 2.75) is 19.3 Å². The van der Waals surface area contributed by atoms with E-state index >= 15 is 0 Å². The van der Waals surface area contributed by atoms with Crippen LogP contribution in [0, 0.1) is 0 Å². The first kappa shape index (κ1) is 13.0. The third-order valence-corrected chi connectivity index (χ3v) is 3.22. The summed E-state index contributed by atoms with van der Waals surface area (Å²) in [6.45, 7) is 0. The van der Waals surface area contributed by atoms with Crippen LogP contribution in [0.2, 0.25) is 10.0 Å². The van der Waals surface area contributed by atoms with Crippen LogP contribution in [0.4, 0.5) is 0 Å². The number of halogens is 3. The van der Waals surface area contributed by atoms with E-state index in [-0.39, 0.29) is 5.78 Å². The molecule has 0 spiro atoms. The molecule has 0 unspecified atom stereocenters. The third kappa shape index (κ3) is 3.78. The Kier molecular flexibility index (Phi) is 5.65. The molecule has 0 amide bonds. The fraction of sp³-hybridized carbons (Fsp3) is 0.364. The molecule has 0 saturated heterocycles. The Morgan fingerprint density at radius 1 is 1.20 bits per heavy atom. The highest BCUT2D eigenvalue weighted by Gasteiger charge is 2.13. The molecule has 1 aromatic rings. The fourth-order valence-corrected chi connectivity index (χ4v) is 2.27. The Hall–Kier alpha value is -0.0500. The van der Waals surface area contributed by atoms with Gasteiger partial charge in [-0.1, -0.05) is 45.2 Å². The SMILES string of the molecule is O=C(CCCCBr)c1c(Cl)cccc1Cl. The van der Waals surface area contributed by atoms with Gasteiger partial charge in [0.2, 0.25) is 0 Å². The highest BCUT2D eigenvalue weighted by atomic mass is 79.9. The lowest BCUT2D eigenvalue weighted by Crippen LogP contribution is -2.01. The van der Waals surface area contributed by atoms with E-state index in [1.54, 1.807) is 18.2 Å². The number of unbranched alkanes of at least 4 members (excludes halogenated alkanes) is 1. The highest BCUT2D eigenvalue weighted by Crippen LogP contribution is 2.26. The first-order chi connectivity index (χ1) is 7.16. The summed E-state index contributed by atoms with van der Waals surface area (Å²) in [5.41, 5.74) is 0.454. The molecule has 0 saturated carbocycles. The van der Waals surface area contributed by atoms with Crippen molar-refractivity contribution in [2.24, 2.45) is 0 Å². The van der Waals surface area contributed by atoms with Crippen LogP contribution in [0.15, 0.2) is 18.2 Å². The number of ketones is 1. The topological polar surface area (TPSA) is 17.1 Å². The first-order valence-corrected chi connectivity index (χ1v) is 6.57. The number of hydrogen-bond acceptors (Lipinski definition) is 1. The minimum atomic E-state index is 0.0200. The van der Waals surface area contributed by atoms with E-state index in [1.165, 1.54) is 0 Å². The average molecular weight is 310 g/mol. The standard InChI is InChI=1S/C11H11BrCl2O/c12-7-2-1-6-10(15)11-8(13)4-3-5-9(11)14/h3-5H,1-2,6-7H2.